The summed E-state index contributed by atoms with van der Waals surface area (Å²) in [6.45, 7) is 0. The molecule has 2 radical (unpaired) electrons. The van der Waals surface area contributed by atoms with Crippen LogP contribution >= 0.6 is 8.02 Å². The van der Waals surface area contributed by atoms with Crippen molar-refractivity contribution in [3.63, 3.8) is 0 Å². The van der Waals surface area contributed by atoms with Gasteiger partial charge in [0.2, 0.25) is 0 Å². The first kappa shape index (κ1) is 16.5. The predicted molar refractivity (Wildman–Crippen MR) is 24.2 cm³/mol. The van der Waals surface area contributed by atoms with Crippen LogP contribution in [0.25, 0.3) is 0 Å². The molecule has 0 aromatic heterocycles. The van der Waals surface area contributed by atoms with E-state index in [9.17, 15) is 0 Å². The van der Waals surface area contributed by atoms with Crippen molar-refractivity contribution < 1.29 is 22.4 Å². The van der Waals surface area contributed by atoms with E-state index in [0.717, 1.165) is 0 Å². The van der Waals surface area contributed by atoms with E-state index in [1.807, 2.05) is 0 Å². The first-order valence-electron chi connectivity index (χ1n) is 0.183. The van der Waals surface area contributed by atoms with Gasteiger partial charge in [0, 0.05) is 30.4 Å². The van der Waals surface area contributed by atoms with Gasteiger partial charge in [0.05, 0.1) is 0 Å². The topological polar surface area (TPSA) is 0 Å². The molecule has 0 saturated heterocycles. The second-order valence-corrected chi connectivity index (χ2v) is 0. The summed E-state index contributed by atoms with van der Waals surface area (Å²) in [7, 11) is 3.11. The van der Waals surface area contributed by atoms with Crippen LogP contribution in [0.5, 0.6) is 0 Å². The van der Waals surface area contributed by atoms with Crippen LogP contribution in [0.1, 0.15) is 0 Å². The third-order valence-electron chi connectivity index (χ3n) is 0. The number of rotatable bonds is 0. The summed E-state index contributed by atoms with van der Waals surface area (Å²) in [6.07, 6.45) is 0. The maximum atomic E-state index is 3.78. The normalized spacial score (nSPS) is 1.00. The Morgan fingerprint density at radius 3 is 1.25 bits per heavy atom. The number of hydrogen-bond donors (Lipinski definition) is 0. The van der Waals surface area contributed by atoms with Gasteiger partial charge in [-0.05, 0) is 11.8 Å². The van der Waals surface area contributed by atoms with E-state index in [2.05, 4.69) is 19.8 Å². The van der Waals surface area contributed by atoms with E-state index in [1.54, 1.807) is 0 Å². The van der Waals surface area contributed by atoms with Gasteiger partial charge in [0.25, 0.3) is 0 Å². The third-order valence-corrected chi connectivity index (χ3v) is 0. The summed E-state index contributed by atoms with van der Waals surface area (Å²) in [5, 5.41) is 0. The van der Waals surface area contributed by atoms with Crippen LogP contribution in [0, 0.1) is 0 Å². The third kappa shape index (κ3) is 8.92. The first-order chi connectivity index (χ1) is 1.00. The minimum absolute atomic E-state index is 0. The molecule has 0 aromatic carbocycles. The summed E-state index contributed by atoms with van der Waals surface area (Å²) in [5.41, 5.74) is 0. The number of hydrogen-bond acceptors (Lipinski definition) is 1. The largest absolute Gasteiger partial charge is 0.0464 e. The Labute approximate surface area is 67.3 Å². The summed E-state index contributed by atoms with van der Waals surface area (Å²) in [6, 6.07) is 0. The van der Waals surface area contributed by atoms with Gasteiger partial charge in [-0.15, -0.1) is 0 Å². The Balaban J connectivity index is -0.00000000500. The molecule has 4 heavy (non-hydrogen) atoms. The monoisotopic (exact) mass is 288 g/mol. The molecule has 0 nitrogen and oxygen atoms in total. The van der Waals surface area contributed by atoms with Gasteiger partial charge in [-0.25, -0.2) is 0 Å². The zero-order valence-electron chi connectivity index (χ0n) is 1.16. The molecule has 0 N–H and O–H groups in total. The van der Waals surface area contributed by atoms with Crippen LogP contribution in [0.2, 0.25) is 0 Å². The van der Waals surface area contributed by atoms with Crippen LogP contribution < -0.4 is 0 Å². The molecule has 0 rings (SSSR count). The van der Waals surface area contributed by atoms with Gasteiger partial charge >= 0.3 is 25.8 Å². The van der Waals surface area contributed by atoms with E-state index < -0.39 is 0 Å². The smallest absolute Gasteiger partial charge is 0.0464 e. The van der Waals surface area contributed by atoms with Crippen molar-refractivity contribution >= 4 is 45.7 Å². The summed E-state index contributed by atoms with van der Waals surface area (Å²) < 4.78 is 0. The van der Waals surface area contributed by atoms with E-state index in [1.165, 1.54) is 0 Å². The van der Waals surface area contributed by atoms with Crippen molar-refractivity contribution in [1.29, 1.82) is 0 Å². The molecular formula is H3AgInPS. The second kappa shape index (κ2) is 19.3. The molecule has 0 aliphatic heterocycles. The first-order valence-corrected chi connectivity index (χ1v) is 1.64. The molecule has 0 spiro atoms. The van der Waals surface area contributed by atoms with E-state index in [-0.39, 0.29) is 48.2 Å². The minimum atomic E-state index is 0. The standard InChI is InChI=1S/Ag.In.PS.3H/c;;1-2;;;. The van der Waals surface area contributed by atoms with Gasteiger partial charge in [0.1, 0.15) is 0 Å². The Morgan fingerprint density at radius 2 is 1.25 bits per heavy atom. The summed E-state index contributed by atoms with van der Waals surface area (Å²) in [4.78, 5) is 0. The molecule has 28 valence electrons. The molecule has 0 aliphatic carbocycles. The molecular weight excluding hydrogens is 286 g/mol. The fraction of sp³-hybridized carbons (Fsp3) is 0. The van der Waals surface area contributed by atoms with Gasteiger partial charge in [-0.3, -0.25) is 0 Å². The fourth-order valence-electron chi connectivity index (χ4n) is 0. The van der Waals surface area contributed by atoms with Crippen molar-refractivity contribution in [2.24, 2.45) is 0 Å². The maximum Gasteiger partial charge on any atom is 0.0464 e. The molecule has 0 atom stereocenters. The fourth-order valence-corrected chi connectivity index (χ4v) is 0. The molecule has 0 aliphatic rings. The van der Waals surface area contributed by atoms with E-state index in [4.69, 9.17) is 0 Å². The quantitative estimate of drug-likeness (QED) is 0.435. The van der Waals surface area contributed by atoms with Crippen LogP contribution in [0.15, 0.2) is 0 Å². The Hall–Kier alpha value is 2.13. The molecule has 0 unspecified atom stereocenters. The average molecular weight is 289 g/mol. The van der Waals surface area contributed by atoms with Gasteiger partial charge < -0.3 is 0 Å². The second-order valence-electron chi connectivity index (χ2n) is 0. The molecule has 0 bridgehead atoms. The van der Waals surface area contributed by atoms with Gasteiger partial charge in [0.15, 0.2) is 0 Å². The summed E-state index contributed by atoms with van der Waals surface area (Å²) in [5.74, 6) is 0. The molecule has 0 saturated carbocycles. The van der Waals surface area contributed by atoms with Crippen molar-refractivity contribution in [2.45, 2.75) is 0 Å². The van der Waals surface area contributed by atoms with Gasteiger partial charge in [-0.1, -0.05) is 0 Å². The Morgan fingerprint density at radius 1 is 1.25 bits per heavy atom. The van der Waals surface area contributed by atoms with Crippen LogP contribution in [-0.4, -0.2) is 25.8 Å². The molecule has 0 aromatic rings. The Bertz CT molecular complexity index is 8.00. The van der Waals surface area contributed by atoms with Crippen LogP contribution in [-0.2, 0) is 34.2 Å². The van der Waals surface area contributed by atoms with Crippen LogP contribution in [0.3, 0.4) is 0 Å². The molecule has 0 amide bonds. The molecule has 0 fully saturated rings. The van der Waals surface area contributed by atoms with E-state index in [0.29, 0.717) is 0 Å². The summed E-state index contributed by atoms with van der Waals surface area (Å²) >= 11 is 3.78. The van der Waals surface area contributed by atoms with Crippen LogP contribution in [0.4, 0.5) is 0 Å². The predicted octanol–water partition coefficient (Wildman–Crippen LogP) is -0.328. The van der Waals surface area contributed by atoms with E-state index >= 15 is 0 Å². The molecule has 0 heterocycles. The van der Waals surface area contributed by atoms with Crippen molar-refractivity contribution in [3.05, 3.63) is 0 Å². The zero-order chi connectivity index (χ0) is 2.00. The van der Waals surface area contributed by atoms with Crippen molar-refractivity contribution in [1.82, 2.24) is 0 Å². The van der Waals surface area contributed by atoms with Gasteiger partial charge in [-0.2, -0.15) is 0 Å². The SMILES string of the molecule is [Ag].[InH3].[P]=S. The average Bonchev–Trinajstić information content (AvgIpc) is 1.00. The molecule has 4 heteroatoms. The minimum Gasteiger partial charge on any atom is -0.0464 e. The van der Waals surface area contributed by atoms with Crippen molar-refractivity contribution in [3.8, 4) is 0 Å². The Kier molecular flexibility index (Phi) is 79.4. The maximum absolute atomic E-state index is 3.78. The van der Waals surface area contributed by atoms with Crippen molar-refractivity contribution in [2.75, 3.05) is 0 Å². The zero-order valence-corrected chi connectivity index (χ0v) is 4.35.